The van der Waals surface area contributed by atoms with Crippen LogP contribution in [0.4, 0.5) is 0 Å². The number of hydrogen-bond donors (Lipinski definition) is 1. The van der Waals surface area contributed by atoms with Crippen LogP contribution in [-0.2, 0) is 4.74 Å². The monoisotopic (exact) mass is 157 g/mol. The Balaban J connectivity index is 2.54. The molecule has 1 aliphatic rings. The lowest BCUT2D eigenvalue weighted by molar-refractivity contribution is -0.0242. The Morgan fingerprint density at radius 1 is 1.73 bits per heavy atom. The summed E-state index contributed by atoms with van der Waals surface area (Å²) < 4.78 is 5.68. The largest absolute Gasteiger partial charge is 0.373 e. The van der Waals surface area contributed by atoms with E-state index in [1.165, 1.54) is 6.42 Å². The van der Waals surface area contributed by atoms with Crippen molar-refractivity contribution >= 4 is 0 Å². The first-order valence-corrected chi connectivity index (χ1v) is 4.48. The van der Waals surface area contributed by atoms with Crippen molar-refractivity contribution in [2.75, 3.05) is 6.61 Å². The first-order valence-electron chi connectivity index (χ1n) is 4.48. The predicted molar refractivity (Wildman–Crippen MR) is 46.4 cm³/mol. The van der Waals surface area contributed by atoms with Crippen molar-refractivity contribution in [3.63, 3.8) is 0 Å². The standard InChI is InChI=1S/C9H19NO/c1-4-7(2)9(3)5-8(10)6-11-9/h7-8H,4-6,10H2,1-3H3. The summed E-state index contributed by atoms with van der Waals surface area (Å²) in [7, 11) is 0. The van der Waals surface area contributed by atoms with E-state index in [2.05, 4.69) is 20.8 Å². The lowest BCUT2D eigenvalue weighted by atomic mass is 9.85. The number of rotatable bonds is 2. The molecule has 1 heterocycles. The molecule has 3 unspecified atom stereocenters. The van der Waals surface area contributed by atoms with Crippen molar-refractivity contribution in [3.8, 4) is 0 Å². The van der Waals surface area contributed by atoms with Crippen molar-refractivity contribution in [1.82, 2.24) is 0 Å². The molecule has 0 bridgehead atoms. The van der Waals surface area contributed by atoms with Gasteiger partial charge in [0, 0.05) is 6.04 Å². The fourth-order valence-electron chi connectivity index (χ4n) is 1.71. The van der Waals surface area contributed by atoms with Crippen LogP contribution in [0.3, 0.4) is 0 Å². The van der Waals surface area contributed by atoms with Gasteiger partial charge < -0.3 is 10.5 Å². The van der Waals surface area contributed by atoms with E-state index in [4.69, 9.17) is 10.5 Å². The zero-order valence-corrected chi connectivity index (χ0v) is 7.76. The Morgan fingerprint density at radius 3 is 2.73 bits per heavy atom. The van der Waals surface area contributed by atoms with E-state index < -0.39 is 0 Å². The summed E-state index contributed by atoms with van der Waals surface area (Å²) in [6, 6.07) is 0.258. The Morgan fingerprint density at radius 2 is 2.36 bits per heavy atom. The Kier molecular flexibility index (Phi) is 2.55. The Hall–Kier alpha value is -0.0800. The van der Waals surface area contributed by atoms with Gasteiger partial charge in [-0.15, -0.1) is 0 Å². The molecule has 1 aliphatic heterocycles. The second kappa shape index (κ2) is 3.11. The van der Waals surface area contributed by atoms with E-state index in [1.54, 1.807) is 0 Å². The van der Waals surface area contributed by atoms with Gasteiger partial charge in [0.2, 0.25) is 0 Å². The molecule has 1 fully saturated rings. The summed E-state index contributed by atoms with van der Waals surface area (Å²) in [6.07, 6.45) is 2.19. The molecular formula is C9H19NO. The van der Waals surface area contributed by atoms with E-state index >= 15 is 0 Å². The van der Waals surface area contributed by atoms with Gasteiger partial charge >= 0.3 is 0 Å². The number of hydrogen-bond acceptors (Lipinski definition) is 2. The van der Waals surface area contributed by atoms with Gasteiger partial charge in [0.1, 0.15) is 0 Å². The average Bonchev–Trinajstić information content (AvgIpc) is 2.31. The third-order valence-corrected chi connectivity index (χ3v) is 2.95. The highest BCUT2D eigenvalue weighted by Crippen LogP contribution is 2.33. The van der Waals surface area contributed by atoms with Crippen LogP contribution in [0.25, 0.3) is 0 Å². The lowest BCUT2D eigenvalue weighted by Crippen LogP contribution is -2.32. The van der Waals surface area contributed by atoms with Gasteiger partial charge in [-0.3, -0.25) is 0 Å². The SMILES string of the molecule is CCC(C)C1(C)CC(N)CO1. The summed E-state index contributed by atoms with van der Waals surface area (Å²) in [5.41, 5.74) is 5.83. The summed E-state index contributed by atoms with van der Waals surface area (Å²) in [4.78, 5) is 0. The van der Waals surface area contributed by atoms with Crippen LogP contribution >= 0.6 is 0 Å². The molecule has 0 aromatic heterocycles. The Bertz CT molecular complexity index is 138. The van der Waals surface area contributed by atoms with Crippen LogP contribution in [0.15, 0.2) is 0 Å². The summed E-state index contributed by atoms with van der Waals surface area (Å²) in [5, 5.41) is 0. The average molecular weight is 157 g/mol. The molecule has 0 spiro atoms. The fraction of sp³-hybridized carbons (Fsp3) is 1.00. The second-order valence-corrected chi connectivity index (χ2v) is 3.90. The molecule has 0 saturated carbocycles. The van der Waals surface area contributed by atoms with Crippen molar-refractivity contribution in [2.45, 2.75) is 45.3 Å². The van der Waals surface area contributed by atoms with Gasteiger partial charge in [-0.25, -0.2) is 0 Å². The van der Waals surface area contributed by atoms with Gasteiger partial charge in [0.15, 0.2) is 0 Å². The maximum Gasteiger partial charge on any atom is 0.0696 e. The van der Waals surface area contributed by atoms with Crippen LogP contribution < -0.4 is 5.73 Å². The van der Waals surface area contributed by atoms with E-state index in [0.29, 0.717) is 5.92 Å². The first-order chi connectivity index (χ1) is 5.08. The Labute approximate surface area is 69.1 Å². The highest BCUT2D eigenvalue weighted by molar-refractivity contribution is 4.90. The van der Waals surface area contributed by atoms with Gasteiger partial charge in [-0.1, -0.05) is 20.3 Å². The zero-order chi connectivity index (χ0) is 8.48. The van der Waals surface area contributed by atoms with Crippen LogP contribution in [0.5, 0.6) is 0 Å². The topological polar surface area (TPSA) is 35.2 Å². The maximum atomic E-state index is 5.78. The molecule has 0 aliphatic carbocycles. The number of ether oxygens (including phenoxy) is 1. The van der Waals surface area contributed by atoms with Crippen LogP contribution in [0.1, 0.15) is 33.6 Å². The van der Waals surface area contributed by atoms with Gasteiger partial charge in [-0.2, -0.15) is 0 Å². The molecule has 1 saturated heterocycles. The first kappa shape index (κ1) is 9.01. The molecule has 66 valence electrons. The minimum Gasteiger partial charge on any atom is -0.373 e. The highest BCUT2D eigenvalue weighted by atomic mass is 16.5. The predicted octanol–water partition coefficient (Wildman–Crippen LogP) is 1.54. The second-order valence-electron chi connectivity index (χ2n) is 3.90. The summed E-state index contributed by atoms with van der Waals surface area (Å²) >= 11 is 0. The van der Waals surface area contributed by atoms with Crippen LogP contribution in [0.2, 0.25) is 0 Å². The summed E-state index contributed by atoms with van der Waals surface area (Å²) in [5.74, 6) is 0.621. The lowest BCUT2D eigenvalue weighted by Gasteiger charge is -2.29. The van der Waals surface area contributed by atoms with E-state index in [0.717, 1.165) is 13.0 Å². The number of nitrogens with two attached hydrogens (primary N) is 1. The smallest absolute Gasteiger partial charge is 0.0696 e. The minimum absolute atomic E-state index is 0.0498. The molecule has 1 rings (SSSR count). The maximum absolute atomic E-state index is 5.78. The summed E-state index contributed by atoms with van der Waals surface area (Å²) in [6.45, 7) is 7.34. The van der Waals surface area contributed by atoms with Crippen molar-refractivity contribution in [1.29, 1.82) is 0 Å². The molecule has 0 amide bonds. The molecular weight excluding hydrogens is 138 g/mol. The molecule has 0 radical (unpaired) electrons. The molecule has 11 heavy (non-hydrogen) atoms. The normalized spacial score (nSPS) is 40.9. The fourth-order valence-corrected chi connectivity index (χ4v) is 1.71. The van der Waals surface area contributed by atoms with Gasteiger partial charge in [0.25, 0.3) is 0 Å². The van der Waals surface area contributed by atoms with E-state index in [9.17, 15) is 0 Å². The third kappa shape index (κ3) is 1.74. The van der Waals surface area contributed by atoms with E-state index in [-0.39, 0.29) is 11.6 Å². The minimum atomic E-state index is 0.0498. The zero-order valence-electron chi connectivity index (χ0n) is 7.76. The molecule has 2 heteroatoms. The molecule has 0 aromatic carbocycles. The quantitative estimate of drug-likeness (QED) is 0.660. The van der Waals surface area contributed by atoms with Crippen molar-refractivity contribution in [2.24, 2.45) is 11.7 Å². The van der Waals surface area contributed by atoms with Gasteiger partial charge in [-0.05, 0) is 19.3 Å². The third-order valence-electron chi connectivity index (χ3n) is 2.95. The van der Waals surface area contributed by atoms with Crippen LogP contribution in [0, 0.1) is 5.92 Å². The molecule has 0 aromatic rings. The highest BCUT2D eigenvalue weighted by Gasteiger charge is 2.38. The molecule has 3 atom stereocenters. The van der Waals surface area contributed by atoms with Crippen molar-refractivity contribution < 1.29 is 4.74 Å². The molecule has 2 N–H and O–H groups in total. The van der Waals surface area contributed by atoms with E-state index in [1.807, 2.05) is 0 Å². The van der Waals surface area contributed by atoms with Crippen molar-refractivity contribution in [3.05, 3.63) is 0 Å². The molecule has 2 nitrogen and oxygen atoms in total. The van der Waals surface area contributed by atoms with Crippen LogP contribution in [-0.4, -0.2) is 18.2 Å². The van der Waals surface area contributed by atoms with Gasteiger partial charge in [0.05, 0.1) is 12.2 Å².